The number of rotatable bonds is 7. The Balaban J connectivity index is 1.53. The van der Waals surface area contributed by atoms with Gasteiger partial charge in [-0.05, 0) is 39.2 Å². The van der Waals surface area contributed by atoms with E-state index in [9.17, 15) is 19.2 Å². The van der Waals surface area contributed by atoms with Gasteiger partial charge in [0.1, 0.15) is 11.6 Å². The number of amides is 4. The largest absolute Gasteiger partial charge is 0.480 e. The summed E-state index contributed by atoms with van der Waals surface area (Å²) < 4.78 is 0. The molecular weight excluding hydrogens is 352 g/mol. The van der Waals surface area contributed by atoms with E-state index in [-0.39, 0.29) is 30.4 Å². The predicted octanol–water partition coefficient (Wildman–Crippen LogP) is 0.293. The molecule has 3 aliphatic rings. The monoisotopic (exact) mass is 380 g/mol. The quantitative estimate of drug-likeness (QED) is 0.546. The molecule has 3 rings (SSSR count). The summed E-state index contributed by atoms with van der Waals surface area (Å²) in [7, 11) is 0. The van der Waals surface area contributed by atoms with Crippen molar-refractivity contribution >= 4 is 23.8 Å². The number of carbonyl (C=O) groups is 4. The maximum Gasteiger partial charge on any atom is 0.325 e. The number of imide groups is 1. The number of nitrogens with zero attached hydrogens (tertiary/aromatic N) is 2. The maximum atomic E-state index is 12.7. The van der Waals surface area contributed by atoms with Crippen molar-refractivity contribution in [2.75, 3.05) is 13.1 Å². The van der Waals surface area contributed by atoms with Gasteiger partial charge in [0.2, 0.25) is 5.91 Å². The van der Waals surface area contributed by atoms with Gasteiger partial charge >= 0.3 is 12.0 Å². The van der Waals surface area contributed by atoms with Crippen molar-refractivity contribution in [2.24, 2.45) is 0 Å². The predicted molar refractivity (Wildman–Crippen MR) is 95.9 cm³/mol. The minimum atomic E-state index is -0.864. The topological polar surface area (TPSA) is 119 Å². The minimum absolute atomic E-state index is 0.0111. The van der Waals surface area contributed by atoms with Gasteiger partial charge in [0.25, 0.3) is 5.91 Å². The minimum Gasteiger partial charge on any atom is -0.480 e. The molecule has 1 heterocycles. The molecule has 2 saturated carbocycles. The Kier molecular flexibility index (Phi) is 5.41. The van der Waals surface area contributed by atoms with Gasteiger partial charge in [0.15, 0.2) is 0 Å². The third-order valence-electron chi connectivity index (χ3n) is 6.14. The molecule has 4 amide bonds. The highest BCUT2D eigenvalue weighted by atomic mass is 16.4. The maximum absolute atomic E-state index is 12.7. The highest BCUT2D eigenvalue weighted by Gasteiger charge is 2.54. The summed E-state index contributed by atoms with van der Waals surface area (Å²) >= 11 is 0. The summed E-state index contributed by atoms with van der Waals surface area (Å²) in [4.78, 5) is 51.4. The summed E-state index contributed by atoms with van der Waals surface area (Å²) in [5, 5.41) is 14.6. The molecule has 3 fully saturated rings. The Morgan fingerprint density at radius 1 is 1.33 bits per heavy atom. The molecule has 9 heteroatoms. The summed E-state index contributed by atoms with van der Waals surface area (Å²) in [6, 6.07) is -1.29. The Morgan fingerprint density at radius 3 is 2.52 bits per heavy atom. The third-order valence-corrected chi connectivity index (χ3v) is 6.14. The molecule has 0 aromatic heterocycles. The van der Waals surface area contributed by atoms with Crippen LogP contribution in [0.2, 0.25) is 0 Å². The standard InChI is InChI=1S/C18H28N4O5/c1-3-21(10-14(23)24)13-8-12(9-13)19-15(25)11(2)22-16(26)18(20-17(22)27)6-4-5-7-18/h11-13H,3-10H2,1-2H3,(H,19,25)(H,20,27)(H,23,24). The first-order chi connectivity index (χ1) is 12.8. The molecule has 150 valence electrons. The first kappa shape index (κ1) is 19.6. The lowest BCUT2D eigenvalue weighted by Crippen LogP contribution is -2.58. The van der Waals surface area contributed by atoms with E-state index in [1.165, 1.54) is 0 Å². The van der Waals surface area contributed by atoms with Crippen molar-refractivity contribution in [1.82, 2.24) is 20.4 Å². The van der Waals surface area contributed by atoms with Crippen LogP contribution in [0.3, 0.4) is 0 Å². The van der Waals surface area contributed by atoms with Crippen LogP contribution in [0.1, 0.15) is 52.4 Å². The lowest BCUT2D eigenvalue weighted by Gasteiger charge is -2.42. The molecule has 0 radical (unpaired) electrons. The van der Waals surface area contributed by atoms with E-state index in [0.29, 0.717) is 32.2 Å². The van der Waals surface area contributed by atoms with Crippen LogP contribution >= 0.6 is 0 Å². The van der Waals surface area contributed by atoms with Crippen molar-refractivity contribution in [3.63, 3.8) is 0 Å². The number of nitrogens with one attached hydrogen (secondary N) is 2. The molecule has 1 atom stereocenters. The molecule has 2 aliphatic carbocycles. The van der Waals surface area contributed by atoms with Crippen LogP contribution < -0.4 is 10.6 Å². The first-order valence-corrected chi connectivity index (χ1v) is 9.69. The highest BCUT2D eigenvalue weighted by Crippen LogP contribution is 2.36. The van der Waals surface area contributed by atoms with E-state index in [4.69, 9.17) is 5.11 Å². The fourth-order valence-electron chi connectivity index (χ4n) is 4.43. The second kappa shape index (κ2) is 7.46. The number of hydrogen-bond acceptors (Lipinski definition) is 5. The van der Waals surface area contributed by atoms with Crippen LogP contribution in [0, 0.1) is 0 Å². The molecule has 9 nitrogen and oxygen atoms in total. The van der Waals surface area contributed by atoms with Crippen LogP contribution in [-0.2, 0) is 14.4 Å². The third kappa shape index (κ3) is 3.65. The van der Waals surface area contributed by atoms with Gasteiger partial charge in [-0.15, -0.1) is 0 Å². The molecule has 0 aromatic rings. The van der Waals surface area contributed by atoms with Crippen molar-refractivity contribution in [3.05, 3.63) is 0 Å². The van der Waals surface area contributed by atoms with E-state index in [0.717, 1.165) is 17.7 Å². The van der Waals surface area contributed by atoms with E-state index in [1.807, 2.05) is 11.8 Å². The van der Waals surface area contributed by atoms with Gasteiger partial charge in [-0.25, -0.2) is 9.69 Å². The second-order valence-electron chi connectivity index (χ2n) is 7.86. The van der Waals surface area contributed by atoms with Crippen molar-refractivity contribution < 1.29 is 24.3 Å². The van der Waals surface area contributed by atoms with Crippen LogP contribution in [0.15, 0.2) is 0 Å². The van der Waals surface area contributed by atoms with Crippen molar-refractivity contribution in [1.29, 1.82) is 0 Å². The van der Waals surface area contributed by atoms with E-state index >= 15 is 0 Å². The Morgan fingerprint density at radius 2 is 1.96 bits per heavy atom. The number of carbonyl (C=O) groups excluding carboxylic acids is 3. The van der Waals surface area contributed by atoms with Gasteiger partial charge in [0.05, 0.1) is 6.54 Å². The lowest BCUT2D eigenvalue weighted by atomic mass is 9.85. The van der Waals surface area contributed by atoms with Gasteiger partial charge in [-0.2, -0.15) is 0 Å². The van der Waals surface area contributed by atoms with Crippen LogP contribution in [0.5, 0.6) is 0 Å². The van der Waals surface area contributed by atoms with E-state index < -0.39 is 23.6 Å². The normalized spacial score (nSPS) is 27.6. The fourth-order valence-corrected chi connectivity index (χ4v) is 4.43. The summed E-state index contributed by atoms with van der Waals surface area (Å²) in [6.07, 6.45) is 4.39. The molecule has 27 heavy (non-hydrogen) atoms. The highest BCUT2D eigenvalue weighted by molar-refractivity contribution is 6.10. The molecule has 0 aromatic carbocycles. The second-order valence-corrected chi connectivity index (χ2v) is 7.86. The molecule has 0 bridgehead atoms. The summed E-state index contributed by atoms with van der Waals surface area (Å²) in [5.74, 6) is -1.51. The fraction of sp³-hybridized carbons (Fsp3) is 0.778. The van der Waals surface area contributed by atoms with E-state index in [1.54, 1.807) is 6.92 Å². The first-order valence-electron chi connectivity index (χ1n) is 9.69. The molecule has 1 saturated heterocycles. The Labute approximate surface area is 158 Å². The average Bonchev–Trinajstić information content (AvgIpc) is 3.13. The molecule has 1 aliphatic heterocycles. The number of aliphatic carboxylic acids is 1. The number of carboxylic acids is 1. The average molecular weight is 380 g/mol. The lowest BCUT2D eigenvalue weighted by molar-refractivity contribution is -0.140. The Hall–Kier alpha value is -2.16. The molecular formula is C18H28N4O5. The molecule has 1 spiro atoms. The summed E-state index contributed by atoms with van der Waals surface area (Å²) in [5.41, 5.74) is -0.814. The smallest absolute Gasteiger partial charge is 0.325 e. The number of carboxylic acid groups (broad SMARTS) is 1. The number of urea groups is 1. The number of hydrogen-bond donors (Lipinski definition) is 3. The molecule has 1 unspecified atom stereocenters. The SMILES string of the molecule is CCN(CC(=O)O)C1CC(NC(=O)C(C)N2C(=O)NC3(CCCC3)C2=O)C1. The van der Waals surface area contributed by atoms with Crippen LogP contribution in [0.4, 0.5) is 4.79 Å². The van der Waals surface area contributed by atoms with Gasteiger partial charge in [-0.1, -0.05) is 19.8 Å². The van der Waals surface area contributed by atoms with Gasteiger partial charge in [0, 0.05) is 12.1 Å². The van der Waals surface area contributed by atoms with Crippen LogP contribution in [-0.4, -0.2) is 75.5 Å². The zero-order valence-corrected chi connectivity index (χ0v) is 15.9. The Bertz CT molecular complexity index is 640. The van der Waals surface area contributed by atoms with Gasteiger partial charge in [-0.3, -0.25) is 19.3 Å². The van der Waals surface area contributed by atoms with Gasteiger partial charge < -0.3 is 15.7 Å². The zero-order valence-electron chi connectivity index (χ0n) is 15.9. The van der Waals surface area contributed by atoms with Crippen molar-refractivity contribution in [2.45, 2.75) is 76.0 Å². The number of likely N-dealkylation sites (N-methyl/N-ethyl adjacent to an activating group) is 1. The molecule has 3 N–H and O–H groups in total. The van der Waals surface area contributed by atoms with Crippen molar-refractivity contribution in [3.8, 4) is 0 Å². The summed E-state index contributed by atoms with van der Waals surface area (Å²) in [6.45, 7) is 4.11. The zero-order chi connectivity index (χ0) is 19.8. The van der Waals surface area contributed by atoms with E-state index in [2.05, 4.69) is 10.6 Å². The van der Waals surface area contributed by atoms with Crippen LogP contribution in [0.25, 0.3) is 0 Å².